The molecule has 0 bridgehead atoms. The number of aromatic nitrogens is 4. The summed E-state index contributed by atoms with van der Waals surface area (Å²) in [6.45, 7) is 7.44. The van der Waals surface area contributed by atoms with E-state index < -0.39 is 11.9 Å². The Morgan fingerprint density at radius 2 is 1.83 bits per heavy atom. The molecule has 0 spiro atoms. The van der Waals surface area contributed by atoms with E-state index in [4.69, 9.17) is 21.1 Å². The van der Waals surface area contributed by atoms with Crippen LogP contribution in [0.5, 0.6) is 0 Å². The third-order valence-corrected chi connectivity index (χ3v) is 4.57. The summed E-state index contributed by atoms with van der Waals surface area (Å²) in [5.74, 6) is -0.283. The maximum atomic E-state index is 12.1. The molecule has 0 radical (unpaired) electrons. The first-order valence-corrected chi connectivity index (χ1v) is 9.57. The number of carbonyl (C=O) groups excluding carboxylic acids is 2. The van der Waals surface area contributed by atoms with Crippen molar-refractivity contribution in [2.45, 2.75) is 39.5 Å². The second-order valence-corrected chi connectivity index (χ2v) is 8.00. The van der Waals surface area contributed by atoms with Gasteiger partial charge in [0, 0.05) is 17.9 Å². The number of esters is 2. The number of H-pyrrole nitrogens is 1. The van der Waals surface area contributed by atoms with E-state index in [1.807, 2.05) is 45.0 Å². The van der Waals surface area contributed by atoms with Crippen molar-refractivity contribution < 1.29 is 19.1 Å². The minimum Gasteiger partial charge on any atom is -0.462 e. The molecular weight excluding hydrogens is 396 g/mol. The number of rotatable bonds is 6. The number of nitrogens with zero attached hydrogens (tertiary/aromatic N) is 3. The molecule has 0 saturated heterocycles. The van der Waals surface area contributed by atoms with Crippen molar-refractivity contribution in [2.24, 2.45) is 0 Å². The maximum absolute atomic E-state index is 12.1. The molecule has 29 heavy (non-hydrogen) atoms. The Bertz CT molecular complexity index is 1050. The topological polar surface area (TPSA) is 98.6 Å². The van der Waals surface area contributed by atoms with Gasteiger partial charge in [-0.05, 0) is 5.56 Å². The molecule has 154 valence electrons. The van der Waals surface area contributed by atoms with Crippen LogP contribution in [0, 0.1) is 0 Å². The lowest BCUT2D eigenvalue weighted by Gasteiger charge is -2.14. The molecule has 2 heterocycles. The van der Waals surface area contributed by atoms with Crippen LogP contribution in [0.4, 0.5) is 0 Å². The van der Waals surface area contributed by atoms with E-state index in [9.17, 15) is 9.59 Å². The van der Waals surface area contributed by atoms with Crippen LogP contribution in [0.25, 0.3) is 17.0 Å². The van der Waals surface area contributed by atoms with Gasteiger partial charge in [0.1, 0.15) is 18.2 Å². The SMILES string of the molecule is CC(=O)OCCOC(=O)Cc1ccccc1-c1nn2nc(C(C)(C)C)c(Cl)c2[nH]1. The summed E-state index contributed by atoms with van der Waals surface area (Å²) in [6, 6.07) is 7.39. The first-order chi connectivity index (χ1) is 13.7. The predicted molar refractivity (Wildman–Crippen MR) is 108 cm³/mol. The van der Waals surface area contributed by atoms with Crippen molar-refractivity contribution in [2.75, 3.05) is 13.2 Å². The van der Waals surface area contributed by atoms with Gasteiger partial charge in [-0.15, -0.1) is 9.73 Å². The first kappa shape index (κ1) is 20.9. The van der Waals surface area contributed by atoms with Crippen molar-refractivity contribution in [1.29, 1.82) is 0 Å². The predicted octanol–water partition coefficient (Wildman–Crippen LogP) is 3.32. The van der Waals surface area contributed by atoms with Gasteiger partial charge in [0.15, 0.2) is 11.5 Å². The lowest BCUT2D eigenvalue weighted by Crippen LogP contribution is -2.14. The van der Waals surface area contributed by atoms with Crippen molar-refractivity contribution in [3.63, 3.8) is 0 Å². The summed E-state index contributed by atoms with van der Waals surface area (Å²) >= 11 is 6.50. The molecule has 0 aliphatic carbocycles. The number of halogens is 1. The third-order valence-electron chi connectivity index (χ3n) is 4.21. The van der Waals surface area contributed by atoms with Gasteiger partial charge >= 0.3 is 11.9 Å². The Morgan fingerprint density at radius 3 is 2.48 bits per heavy atom. The zero-order chi connectivity index (χ0) is 21.2. The van der Waals surface area contributed by atoms with Gasteiger partial charge in [-0.25, -0.2) is 0 Å². The average Bonchev–Trinajstić information content (AvgIpc) is 3.18. The fourth-order valence-corrected chi connectivity index (χ4v) is 3.30. The molecule has 0 amide bonds. The fourth-order valence-electron chi connectivity index (χ4n) is 2.85. The molecule has 0 fully saturated rings. The van der Waals surface area contributed by atoms with Crippen LogP contribution >= 0.6 is 11.6 Å². The van der Waals surface area contributed by atoms with E-state index in [0.717, 1.165) is 16.8 Å². The fraction of sp³-hybridized carbons (Fsp3) is 0.400. The Kier molecular flexibility index (Phi) is 5.93. The Labute approximate surface area is 173 Å². The minimum absolute atomic E-state index is 0.0142. The number of ether oxygens (including phenoxy) is 2. The molecule has 0 saturated carbocycles. The number of carbonyl (C=O) groups is 2. The largest absolute Gasteiger partial charge is 0.462 e. The summed E-state index contributed by atoms with van der Waals surface area (Å²) in [4.78, 5) is 26.1. The molecule has 3 aromatic rings. The summed E-state index contributed by atoms with van der Waals surface area (Å²) in [7, 11) is 0. The smallest absolute Gasteiger partial charge is 0.310 e. The highest BCUT2D eigenvalue weighted by Crippen LogP contribution is 2.32. The van der Waals surface area contributed by atoms with Crippen molar-refractivity contribution in [3.8, 4) is 11.4 Å². The number of aromatic amines is 1. The second-order valence-electron chi connectivity index (χ2n) is 7.62. The Balaban J connectivity index is 1.80. The third kappa shape index (κ3) is 4.76. The molecule has 9 heteroatoms. The number of hydrogen-bond donors (Lipinski definition) is 1. The molecule has 2 aromatic heterocycles. The highest BCUT2D eigenvalue weighted by molar-refractivity contribution is 6.34. The number of hydrogen-bond acceptors (Lipinski definition) is 6. The van der Waals surface area contributed by atoms with Crippen molar-refractivity contribution in [3.05, 3.63) is 40.5 Å². The van der Waals surface area contributed by atoms with Crippen LogP contribution < -0.4 is 0 Å². The number of fused-ring (bicyclic) bond motifs is 1. The molecule has 0 aliphatic rings. The van der Waals surface area contributed by atoms with Gasteiger partial charge in [0.2, 0.25) is 0 Å². The van der Waals surface area contributed by atoms with Gasteiger partial charge in [-0.2, -0.15) is 5.10 Å². The van der Waals surface area contributed by atoms with Crippen LogP contribution in [0.1, 0.15) is 39.0 Å². The van der Waals surface area contributed by atoms with E-state index in [2.05, 4.69) is 15.2 Å². The van der Waals surface area contributed by atoms with E-state index in [0.29, 0.717) is 16.5 Å². The lowest BCUT2D eigenvalue weighted by atomic mass is 9.92. The van der Waals surface area contributed by atoms with E-state index in [1.165, 1.54) is 11.6 Å². The number of nitrogens with one attached hydrogen (secondary N) is 1. The second kappa shape index (κ2) is 8.24. The van der Waals surface area contributed by atoms with Crippen LogP contribution in [-0.2, 0) is 30.9 Å². The summed E-state index contributed by atoms with van der Waals surface area (Å²) < 4.78 is 11.3. The van der Waals surface area contributed by atoms with E-state index in [-0.39, 0.29) is 25.0 Å². The van der Waals surface area contributed by atoms with Crippen LogP contribution in [0.3, 0.4) is 0 Å². The summed E-state index contributed by atoms with van der Waals surface area (Å²) in [5.41, 5.74) is 2.65. The zero-order valence-corrected chi connectivity index (χ0v) is 17.5. The summed E-state index contributed by atoms with van der Waals surface area (Å²) in [6.07, 6.45) is 0.0558. The molecule has 0 aliphatic heterocycles. The maximum Gasteiger partial charge on any atom is 0.310 e. The van der Waals surface area contributed by atoms with E-state index >= 15 is 0 Å². The van der Waals surface area contributed by atoms with Crippen LogP contribution in [0.15, 0.2) is 24.3 Å². The Morgan fingerprint density at radius 1 is 1.14 bits per heavy atom. The van der Waals surface area contributed by atoms with Gasteiger partial charge in [-0.3, -0.25) is 9.59 Å². The molecule has 1 N–H and O–H groups in total. The minimum atomic E-state index is -0.422. The van der Waals surface area contributed by atoms with Crippen molar-refractivity contribution in [1.82, 2.24) is 19.8 Å². The highest BCUT2D eigenvalue weighted by Gasteiger charge is 2.25. The molecule has 1 aromatic carbocycles. The quantitative estimate of drug-likeness (QED) is 0.487. The zero-order valence-electron chi connectivity index (χ0n) is 16.8. The molecule has 8 nitrogen and oxygen atoms in total. The summed E-state index contributed by atoms with van der Waals surface area (Å²) in [5, 5.41) is 9.52. The molecule has 3 rings (SSSR count). The van der Waals surface area contributed by atoms with Gasteiger partial charge in [0.05, 0.1) is 12.1 Å². The van der Waals surface area contributed by atoms with Gasteiger partial charge in [-0.1, -0.05) is 56.6 Å². The average molecular weight is 419 g/mol. The number of benzene rings is 1. The standard InChI is InChI=1S/C20H23ClN4O4/c1-12(26)28-9-10-29-15(27)11-13-7-5-6-8-14(13)18-22-19-16(21)17(20(2,3)4)23-25(19)24-18/h5-8H,9-11H2,1-4H3,(H,22,24). The molecule has 0 unspecified atom stereocenters. The van der Waals surface area contributed by atoms with Crippen molar-refractivity contribution >= 4 is 29.2 Å². The molecule has 0 atom stereocenters. The Hall–Kier alpha value is -2.87. The van der Waals surface area contributed by atoms with E-state index in [1.54, 1.807) is 0 Å². The first-order valence-electron chi connectivity index (χ1n) is 9.19. The van der Waals surface area contributed by atoms with Gasteiger partial charge in [0.25, 0.3) is 0 Å². The van der Waals surface area contributed by atoms with Crippen LogP contribution in [-0.4, -0.2) is 45.0 Å². The molecular formula is C20H23ClN4O4. The van der Waals surface area contributed by atoms with Gasteiger partial charge < -0.3 is 14.5 Å². The monoisotopic (exact) mass is 418 g/mol. The highest BCUT2D eigenvalue weighted by atomic mass is 35.5. The van der Waals surface area contributed by atoms with Crippen LogP contribution in [0.2, 0.25) is 5.02 Å². The normalized spacial score (nSPS) is 11.6. The lowest BCUT2D eigenvalue weighted by molar-refractivity contribution is -0.150.